The largest absolute Gasteiger partial charge is 0.377 e. The number of rotatable bonds is 0. The predicted molar refractivity (Wildman–Crippen MR) is 95.1 cm³/mol. The van der Waals surface area contributed by atoms with Crippen molar-refractivity contribution in [2.24, 2.45) is 17.8 Å². The first-order valence-electron chi connectivity index (χ1n) is 10.4. The molecule has 0 amide bonds. The van der Waals surface area contributed by atoms with Gasteiger partial charge in [0.05, 0.1) is 13.2 Å². The van der Waals surface area contributed by atoms with Gasteiger partial charge in [-0.3, -0.25) is 0 Å². The molecule has 4 nitrogen and oxygen atoms in total. The van der Waals surface area contributed by atoms with Crippen LogP contribution in [0.1, 0.15) is 58.3 Å². The molecule has 2 aliphatic heterocycles. The second-order valence-corrected chi connectivity index (χ2v) is 9.36. The summed E-state index contributed by atoms with van der Waals surface area (Å²) in [5.41, 5.74) is 0.661. The van der Waals surface area contributed by atoms with Crippen molar-refractivity contribution in [2.75, 3.05) is 13.2 Å². The SMILES string of the molecule is CC#CC1(O)CCC2C3CCC45CC6(CCC4(O5)C3=CCC21)OCCO6. The Morgan fingerprint density at radius 1 is 1.12 bits per heavy atom. The fourth-order valence-corrected chi connectivity index (χ4v) is 7.42. The Morgan fingerprint density at radius 3 is 2.77 bits per heavy atom. The molecule has 6 aliphatic rings. The topological polar surface area (TPSA) is 51.2 Å². The number of epoxide rings is 1. The second kappa shape index (κ2) is 4.94. The molecule has 1 N–H and O–H groups in total. The van der Waals surface area contributed by atoms with Crippen molar-refractivity contribution in [2.45, 2.75) is 80.9 Å². The van der Waals surface area contributed by atoms with Crippen LogP contribution in [-0.2, 0) is 14.2 Å². The summed E-state index contributed by atoms with van der Waals surface area (Å²) in [5.74, 6) is 7.15. The summed E-state index contributed by atoms with van der Waals surface area (Å²) in [7, 11) is 0. The lowest BCUT2D eigenvalue weighted by Crippen LogP contribution is -2.51. The molecule has 2 heterocycles. The zero-order valence-electron chi connectivity index (χ0n) is 15.6. The van der Waals surface area contributed by atoms with Gasteiger partial charge < -0.3 is 19.3 Å². The standard InChI is InChI=1S/C22H28O4/c1-2-7-19(23)8-5-15-16-6-9-20-14-21(24-12-13-25-21)10-11-22(20,26-20)18(16)4-3-17(15)19/h4,15-17,23H,3,5-6,8-14H2,1H3. The Hall–Kier alpha value is -0.860. The first-order chi connectivity index (χ1) is 12.6. The van der Waals surface area contributed by atoms with Crippen molar-refractivity contribution in [1.29, 1.82) is 0 Å². The van der Waals surface area contributed by atoms with Crippen molar-refractivity contribution in [3.05, 3.63) is 11.6 Å². The van der Waals surface area contributed by atoms with Gasteiger partial charge >= 0.3 is 0 Å². The summed E-state index contributed by atoms with van der Waals surface area (Å²) in [6.45, 7) is 3.27. The molecule has 2 saturated heterocycles. The van der Waals surface area contributed by atoms with E-state index in [1.54, 1.807) is 5.57 Å². The molecule has 0 radical (unpaired) electrons. The molecule has 0 aromatic heterocycles. The van der Waals surface area contributed by atoms with Crippen molar-refractivity contribution in [3.63, 3.8) is 0 Å². The van der Waals surface area contributed by atoms with Crippen molar-refractivity contribution in [1.82, 2.24) is 0 Å². The quantitative estimate of drug-likeness (QED) is 0.412. The van der Waals surface area contributed by atoms with Crippen LogP contribution < -0.4 is 0 Å². The summed E-state index contributed by atoms with van der Waals surface area (Å²) < 4.78 is 18.6. The van der Waals surface area contributed by atoms with Crippen molar-refractivity contribution >= 4 is 0 Å². The molecule has 140 valence electrons. The maximum absolute atomic E-state index is 11.1. The average Bonchev–Trinajstić information content (AvgIpc) is 2.91. The van der Waals surface area contributed by atoms with Crippen LogP contribution in [0.3, 0.4) is 0 Å². The normalized spacial score (nSPS) is 52.8. The Balaban J connectivity index is 1.32. The third kappa shape index (κ3) is 1.81. The zero-order valence-corrected chi connectivity index (χ0v) is 15.6. The summed E-state index contributed by atoms with van der Waals surface area (Å²) in [4.78, 5) is 0. The van der Waals surface area contributed by atoms with Gasteiger partial charge in [-0.05, 0) is 62.9 Å². The van der Waals surface area contributed by atoms with E-state index in [1.165, 1.54) is 6.42 Å². The molecule has 26 heavy (non-hydrogen) atoms. The highest BCUT2D eigenvalue weighted by atomic mass is 16.7. The van der Waals surface area contributed by atoms with E-state index in [2.05, 4.69) is 17.9 Å². The number of ether oxygens (including phenoxy) is 3. The van der Waals surface area contributed by atoms with E-state index < -0.39 is 5.60 Å². The Kier molecular flexibility index (Phi) is 3.07. The minimum Gasteiger partial charge on any atom is -0.377 e. The molecule has 6 rings (SSSR count). The molecule has 0 bridgehead atoms. The molecule has 6 atom stereocenters. The van der Waals surface area contributed by atoms with E-state index in [1.807, 2.05) is 6.92 Å². The fraction of sp³-hybridized carbons (Fsp3) is 0.818. The van der Waals surface area contributed by atoms with Gasteiger partial charge in [-0.1, -0.05) is 12.0 Å². The number of aliphatic hydroxyl groups is 1. The molecule has 4 heteroatoms. The molecule has 4 aliphatic carbocycles. The summed E-state index contributed by atoms with van der Waals surface area (Å²) in [5, 5.41) is 11.1. The van der Waals surface area contributed by atoms with E-state index in [9.17, 15) is 5.11 Å². The van der Waals surface area contributed by atoms with Gasteiger partial charge in [-0.2, -0.15) is 0 Å². The summed E-state index contributed by atoms with van der Waals surface area (Å²) in [6.07, 6.45) is 10.4. The van der Waals surface area contributed by atoms with E-state index in [-0.39, 0.29) is 17.0 Å². The van der Waals surface area contributed by atoms with Gasteiger partial charge in [0.15, 0.2) is 5.79 Å². The molecule has 3 saturated carbocycles. The fourth-order valence-electron chi connectivity index (χ4n) is 7.42. The lowest BCUT2D eigenvalue weighted by molar-refractivity contribution is -0.185. The van der Waals surface area contributed by atoms with Crippen LogP contribution in [0, 0.1) is 29.6 Å². The van der Waals surface area contributed by atoms with Gasteiger partial charge in [-0.15, -0.1) is 5.92 Å². The van der Waals surface area contributed by atoms with Crippen LogP contribution in [0.4, 0.5) is 0 Å². The smallest absolute Gasteiger partial charge is 0.171 e. The monoisotopic (exact) mass is 356 g/mol. The van der Waals surface area contributed by atoms with Gasteiger partial charge in [0.2, 0.25) is 0 Å². The predicted octanol–water partition coefficient (Wildman–Crippen LogP) is 2.94. The molecule has 1 spiro atoms. The molecule has 0 aromatic carbocycles. The highest BCUT2D eigenvalue weighted by molar-refractivity contribution is 5.43. The number of fused-ring (bicyclic) bond motifs is 3. The van der Waals surface area contributed by atoms with Gasteiger partial charge in [0.1, 0.15) is 16.8 Å². The molecular weight excluding hydrogens is 328 g/mol. The minimum absolute atomic E-state index is 0.0527. The van der Waals surface area contributed by atoms with Crippen LogP contribution in [0.5, 0.6) is 0 Å². The first kappa shape index (κ1) is 16.1. The third-order valence-electron chi connectivity index (χ3n) is 8.45. The highest BCUT2D eigenvalue weighted by Gasteiger charge is 2.79. The summed E-state index contributed by atoms with van der Waals surface area (Å²) in [6, 6.07) is 0. The number of hydrogen-bond acceptors (Lipinski definition) is 4. The van der Waals surface area contributed by atoms with Gasteiger partial charge in [0.25, 0.3) is 0 Å². The third-order valence-corrected chi connectivity index (χ3v) is 8.45. The van der Waals surface area contributed by atoms with Crippen LogP contribution in [-0.4, -0.2) is 40.9 Å². The van der Waals surface area contributed by atoms with Crippen LogP contribution in [0.15, 0.2) is 11.6 Å². The van der Waals surface area contributed by atoms with E-state index in [4.69, 9.17) is 14.2 Å². The second-order valence-electron chi connectivity index (χ2n) is 9.36. The van der Waals surface area contributed by atoms with E-state index in [0.29, 0.717) is 17.8 Å². The molecule has 6 unspecified atom stereocenters. The summed E-state index contributed by atoms with van der Waals surface area (Å²) >= 11 is 0. The maximum Gasteiger partial charge on any atom is 0.171 e. The number of allylic oxidation sites excluding steroid dienone is 1. The molecule has 5 fully saturated rings. The molecular formula is C22H28O4. The maximum atomic E-state index is 11.1. The highest BCUT2D eigenvalue weighted by Crippen LogP contribution is 2.72. The Labute approximate surface area is 155 Å². The van der Waals surface area contributed by atoms with Gasteiger partial charge in [0, 0.05) is 18.8 Å². The van der Waals surface area contributed by atoms with Gasteiger partial charge in [-0.25, -0.2) is 0 Å². The van der Waals surface area contributed by atoms with E-state index >= 15 is 0 Å². The van der Waals surface area contributed by atoms with Crippen molar-refractivity contribution in [3.8, 4) is 11.8 Å². The number of hydrogen-bond donors (Lipinski definition) is 1. The first-order valence-corrected chi connectivity index (χ1v) is 10.4. The molecule has 0 aromatic rings. The van der Waals surface area contributed by atoms with Crippen LogP contribution in [0.25, 0.3) is 0 Å². The average molecular weight is 356 g/mol. The zero-order chi connectivity index (χ0) is 17.6. The lowest BCUT2D eigenvalue weighted by Gasteiger charge is -2.47. The van der Waals surface area contributed by atoms with Crippen LogP contribution >= 0.6 is 0 Å². The Bertz CT molecular complexity index is 741. The Morgan fingerprint density at radius 2 is 1.96 bits per heavy atom. The minimum atomic E-state index is -0.778. The lowest BCUT2D eigenvalue weighted by atomic mass is 9.57. The van der Waals surface area contributed by atoms with E-state index in [0.717, 1.165) is 58.2 Å². The van der Waals surface area contributed by atoms with Crippen molar-refractivity contribution < 1.29 is 19.3 Å². The van der Waals surface area contributed by atoms with Crippen LogP contribution in [0.2, 0.25) is 0 Å².